The Bertz CT molecular complexity index is 802. The van der Waals surface area contributed by atoms with Crippen LogP contribution in [0.4, 0.5) is 5.82 Å². The Hall–Kier alpha value is -2.97. The van der Waals surface area contributed by atoms with E-state index in [4.69, 9.17) is 5.11 Å². The minimum Gasteiger partial charge on any atom is -0.476 e. The zero-order chi connectivity index (χ0) is 17.4. The zero-order valence-corrected chi connectivity index (χ0v) is 13.6. The SMILES string of the molecule is O=C(O)c1cn(Cc2ccc(N3CC(=O)N4CCCC4C3)nc2)nn1. The van der Waals surface area contributed by atoms with Crippen molar-refractivity contribution in [3.05, 3.63) is 35.8 Å². The van der Waals surface area contributed by atoms with Crippen molar-refractivity contribution in [2.75, 3.05) is 24.5 Å². The van der Waals surface area contributed by atoms with Crippen LogP contribution in [0.15, 0.2) is 24.5 Å². The number of anilines is 1. The van der Waals surface area contributed by atoms with Gasteiger partial charge in [0.1, 0.15) is 5.82 Å². The lowest BCUT2D eigenvalue weighted by Crippen LogP contribution is -2.54. The van der Waals surface area contributed by atoms with Crippen LogP contribution in [0.25, 0.3) is 0 Å². The van der Waals surface area contributed by atoms with E-state index in [0.717, 1.165) is 37.3 Å². The molecule has 0 bridgehead atoms. The highest BCUT2D eigenvalue weighted by atomic mass is 16.4. The molecular formula is C16H18N6O3. The average Bonchev–Trinajstić information content (AvgIpc) is 3.25. The predicted molar refractivity (Wildman–Crippen MR) is 87.3 cm³/mol. The second-order valence-electron chi connectivity index (χ2n) is 6.39. The zero-order valence-electron chi connectivity index (χ0n) is 13.6. The number of pyridine rings is 1. The summed E-state index contributed by atoms with van der Waals surface area (Å²) in [5.41, 5.74) is 0.800. The van der Waals surface area contributed by atoms with Gasteiger partial charge in [0, 0.05) is 25.3 Å². The van der Waals surface area contributed by atoms with Gasteiger partial charge in [-0.05, 0) is 24.5 Å². The first-order chi connectivity index (χ1) is 12.1. The molecule has 9 heteroatoms. The molecule has 0 aliphatic carbocycles. The van der Waals surface area contributed by atoms with Gasteiger partial charge < -0.3 is 14.9 Å². The van der Waals surface area contributed by atoms with Crippen molar-refractivity contribution in [2.45, 2.75) is 25.4 Å². The first-order valence-electron chi connectivity index (χ1n) is 8.23. The second-order valence-corrected chi connectivity index (χ2v) is 6.39. The summed E-state index contributed by atoms with van der Waals surface area (Å²) in [4.78, 5) is 31.5. The predicted octanol–water partition coefficient (Wildman–Crippen LogP) is 0.231. The van der Waals surface area contributed by atoms with Crippen LogP contribution in [0.1, 0.15) is 28.9 Å². The largest absolute Gasteiger partial charge is 0.476 e. The number of carbonyl (C=O) groups is 2. The maximum absolute atomic E-state index is 12.2. The Kier molecular flexibility index (Phi) is 3.83. The number of amides is 1. The van der Waals surface area contributed by atoms with E-state index in [1.165, 1.54) is 10.9 Å². The molecule has 2 aromatic heterocycles. The van der Waals surface area contributed by atoms with Gasteiger partial charge in [-0.25, -0.2) is 14.5 Å². The van der Waals surface area contributed by atoms with E-state index in [9.17, 15) is 9.59 Å². The molecule has 2 aliphatic heterocycles. The van der Waals surface area contributed by atoms with Crippen LogP contribution < -0.4 is 4.90 Å². The van der Waals surface area contributed by atoms with Crippen molar-refractivity contribution in [2.24, 2.45) is 0 Å². The summed E-state index contributed by atoms with van der Waals surface area (Å²) in [5.74, 6) is -0.146. The summed E-state index contributed by atoms with van der Waals surface area (Å²) in [6.07, 6.45) is 5.24. The second kappa shape index (κ2) is 6.15. The summed E-state index contributed by atoms with van der Waals surface area (Å²) >= 11 is 0. The monoisotopic (exact) mass is 342 g/mol. The quantitative estimate of drug-likeness (QED) is 0.848. The first-order valence-corrected chi connectivity index (χ1v) is 8.23. The number of rotatable bonds is 4. The molecule has 1 atom stereocenters. The van der Waals surface area contributed by atoms with Crippen LogP contribution in [-0.2, 0) is 11.3 Å². The number of nitrogens with zero attached hydrogens (tertiary/aromatic N) is 6. The number of fused-ring (bicyclic) bond motifs is 1. The molecular weight excluding hydrogens is 324 g/mol. The minimum atomic E-state index is -1.10. The maximum Gasteiger partial charge on any atom is 0.358 e. The Morgan fingerprint density at radius 2 is 2.24 bits per heavy atom. The summed E-state index contributed by atoms with van der Waals surface area (Å²) < 4.78 is 1.46. The van der Waals surface area contributed by atoms with Gasteiger partial charge in [0.2, 0.25) is 5.91 Å². The molecule has 2 aromatic rings. The number of piperazine rings is 1. The Balaban J connectivity index is 1.44. The van der Waals surface area contributed by atoms with Gasteiger partial charge in [0.05, 0.1) is 19.3 Å². The fraction of sp³-hybridized carbons (Fsp3) is 0.438. The lowest BCUT2D eigenvalue weighted by atomic mass is 10.1. The third kappa shape index (κ3) is 3.04. The van der Waals surface area contributed by atoms with E-state index in [1.54, 1.807) is 6.20 Å². The van der Waals surface area contributed by atoms with Crippen LogP contribution in [0.2, 0.25) is 0 Å². The van der Waals surface area contributed by atoms with Crippen molar-refractivity contribution in [1.82, 2.24) is 24.9 Å². The number of carbonyl (C=O) groups excluding carboxylic acids is 1. The number of hydrogen-bond donors (Lipinski definition) is 1. The van der Waals surface area contributed by atoms with Crippen molar-refractivity contribution in [3.8, 4) is 0 Å². The van der Waals surface area contributed by atoms with Crippen LogP contribution in [-0.4, -0.2) is 67.5 Å². The topological polar surface area (TPSA) is 104 Å². The van der Waals surface area contributed by atoms with Gasteiger partial charge in [-0.1, -0.05) is 11.3 Å². The van der Waals surface area contributed by atoms with Crippen molar-refractivity contribution < 1.29 is 14.7 Å². The van der Waals surface area contributed by atoms with Crippen molar-refractivity contribution in [3.63, 3.8) is 0 Å². The molecule has 9 nitrogen and oxygen atoms in total. The van der Waals surface area contributed by atoms with E-state index in [2.05, 4.69) is 15.3 Å². The Labute approximate surface area is 143 Å². The summed E-state index contributed by atoms with van der Waals surface area (Å²) in [7, 11) is 0. The summed E-state index contributed by atoms with van der Waals surface area (Å²) in [6.45, 7) is 2.46. The van der Waals surface area contributed by atoms with E-state index >= 15 is 0 Å². The van der Waals surface area contributed by atoms with Crippen LogP contribution in [0, 0.1) is 0 Å². The van der Waals surface area contributed by atoms with E-state index < -0.39 is 5.97 Å². The lowest BCUT2D eigenvalue weighted by Gasteiger charge is -2.37. The van der Waals surface area contributed by atoms with Gasteiger partial charge in [0.15, 0.2) is 5.69 Å². The molecule has 4 heterocycles. The molecule has 25 heavy (non-hydrogen) atoms. The highest BCUT2D eigenvalue weighted by molar-refractivity contribution is 5.84. The minimum absolute atomic E-state index is 0.0856. The van der Waals surface area contributed by atoms with E-state index in [-0.39, 0.29) is 11.6 Å². The summed E-state index contributed by atoms with van der Waals surface area (Å²) in [5, 5.41) is 16.2. The lowest BCUT2D eigenvalue weighted by molar-refractivity contribution is -0.131. The number of carboxylic acids is 1. The maximum atomic E-state index is 12.2. The highest BCUT2D eigenvalue weighted by Gasteiger charge is 2.35. The molecule has 0 aromatic carbocycles. The first kappa shape index (κ1) is 15.6. The van der Waals surface area contributed by atoms with Gasteiger partial charge in [-0.2, -0.15) is 0 Å². The fourth-order valence-corrected chi connectivity index (χ4v) is 3.46. The third-order valence-electron chi connectivity index (χ3n) is 4.69. The molecule has 2 fully saturated rings. The molecule has 0 radical (unpaired) electrons. The Morgan fingerprint density at radius 1 is 1.36 bits per heavy atom. The normalized spacial score (nSPS) is 20.0. The number of carboxylic acid groups (broad SMARTS) is 1. The van der Waals surface area contributed by atoms with Gasteiger partial charge in [-0.15, -0.1) is 5.10 Å². The van der Waals surface area contributed by atoms with E-state index in [1.807, 2.05) is 21.9 Å². The molecule has 1 unspecified atom stereocenters. The standard InChI is InChI=1S/C16H18N6O3/c23-15-10-20(8-12-2-1-5-22(12)15)14-4-3-11(6-17-14)7-21-9-13(16(24)25)18-19-21/h3-4,6,9,12H,1-2,5,7-8,10H2,(H,24,25). The fourth-order valence-electron chi connectivity index (χ4n) is 3.46. The molecule has 0 spiro atoms. The molecule has 4 rings (SSSR count). The van der Waals surface area contributed by atoms with Crippen molar-refractivity contribution in [1.29, 1.82) is 0 Å². The smallest absolute Gasteiger partial charge is 0.358 e. The number of hydrogen-bond acceptors (Lipinski definition) is 6. The average molecular weight is 342 g/mol. The summed E-state index contributed by atoms with van der Waals surface area (Å²) in [6, 6.07) is 4.10. The molecule has 1 amide bonds. The highest BCUT2D eigenvalue weighted by Crippen LogP contribution is 2.25. The van der Waals surface area contributed by atoms with Crippen molar-refractivity contribution >= 4 is 17.7 Å². The van der Waals surface area contributed by atoms with Gasteiger partial charge in [0.25, 0.3) is 0 Å². The van der Waals surface area contributed by atoms with Crippen LogP contribution in [0.3, 0.4) is 0 Å². The van der Waals surface area contributed by atoms with Crippen LogP contribution in [0.5, 0.6) is 0 Å². The molecule has 130 valence electrons. The van der Waals surface area contributed by atoms with Crippen LogP contribution >= 0.6 is 0 Å². The molecule has 2 saturated heterocycles. The third-order valence-corrected chi connectivity index (χ3v) is 4.69. The van der Waals surface area contributed by atoms with E-state index in [0.29, 0.717) is 19.1 Å². The Morgan fingerprint density at radius 3 is 2.96 bits per heavy atom. The molecule has 0 saturated carbocycles. The number of aromatic nitrogens is 4. The molecule has 1 N–H and O–H groups in total. The van der Waals surface area contributed by atoms with Gasteiger partial charge in [-0.3, -0.25) is 4.79 Å². The number of aromatic carboxylic acids is 1. The van der Waals surface area contributed by atoms with Gasteiger partial charge >= 0.3 is 5.97 Å². The molecule has 2 aliphatic rings.